The van der Waals surface area contributed by atoms with Crippen molar-refractivity contribution in [2.45, 2.75) is 44.8 Å². The van der Waals surface area contributed by atoms with Gasteiger partial charge in [-0.15, -0.1) is 0 Å². The highest BCUT2D eigenvalue weighted by Crippen LogP contribution is 2.18. The van der Waals surface area contributed by atoms with E-state index in [1.54, 1.807) is 0 Å². The molecule has 0 aromatic rings. The van der Waals surface area contributed by atoms with E-state index in [0.717, 1.165) is 0 Å². The van der Waals surface area contributed by atoms with E-state index in [9.17, 15) is 0 Å². The summed E-state index contributed by atoms with van der Waals surface area (Å²) >= 11 is 0. The summed E-state index contributed by atoms with van der Waals surface area (Å²) in [5.74, 6) is 0. The maximum Gasteiger partial charge on any atom is 0.189 e. The number of hydrogen-bond acceptors (Lipinski definition) is 4. The van der Waals surface area contributed by atoms with E-state index in [1.807, 2.05) is 7.11 Å². The Morgan fingerprint density at radius 2 is 1.23 bits per heavy atom. The molecule has 0 aromatic carbocycles. The summed E-state index contributed by atoms with van der Waals surface area (Å²) in [6, 6.07) is 2.52. The minimum atomic E-state index is -1.41. The first-order chi connectivity index (χ1) is 10.3. The van der Waals surface area contributed by atoms with Crippen LogP contribution in [0, 0.1) is 0 Å². The average molecular weight is 332 g/mol. The Morgan fingerprint density at radius 3 is 1.59 bits per heavy atom. The van der Waals surface area contributed by atoms with Crippen molar-refractivity contribution >= 4 is 8.32 Å². The molecule has 0 amide bonds. The van der Waals surface area contributed by atoms with Gasteiger partial charge in [0.1, 0.15) is 0 Å². The summed E-state index contributed by atoms with van der Waals surface area (Å²) in [6.07, 6.45) is 3.82. The molecule has 0 aliphatic rings. The van der Waals surface area contributed by atoms with E-state index in [0.29, 0.717) is 0 Å². The maximum atomic E-state index is 5.80. The zero-order valence-corrected chi connectivity index (χ0v) is 17.3. The van der Waals surface area contributed by atoms with Gasteiger partial charge in [-0.2, -0.15) is 0 Å². The number of hydrogen-bond donors (Lipinski definition) is 0. The first kappa shape index (κ1) is 22.1. The molecule has 1 unspecified atom stereocenters. The van der Waals surface area contributed by atoms with Crippen molar-refractivity contribution in [1.82, 2.24) is 14.7 Å². The minimum absolute atomic E-state index is 1.18. The lowest BCUT2D eigenvalue weighted by Gasteiger charge is -2.27. The van der Waals surface area contributed by atoms with Crippen LogP contribution in [0.25, 0.3) is 0 Å². The topological polar surface area (TPSA) is 19.0 Å². The summed E-state index contributed by atoms with van der Waals surface area (Å²) in [7, 11) is 9.14. The van der Waals surface area contributed by atoms with Gasteiger partial charge in [0.15, 0.2) is 8.32 Å². The molecule has 0 saturated carbocycles. The van der Waals surface area contributed by atoms with Gasteiger partial charge in [-0.25, -0.2) is 0 Å². The molecule has 0 spiro atoms. The Kier molecular flexibility index (Phi) is 12.5. The van der Waals surface area contributed by atoms with E-state index in [2.05, 4.69) is 56.4 Å². The molecule has 0 radical (unpaired) electrons. The summed E-state index contributed by atoms with van der Waals surface area (Å²) in [4.78, 5) is 7.22. The molecule has 134 valence electrons. The lowest BCUT2D eigenvalue weighted by atomic mass is 10.3. The van der Waals surface area contributed by atoms with Crippen LogP contribution in [0.4, 0.5) is 0 Å². The van der Waals surface area contributed by atoms with Gasteiger partial charge in [-0.3, -0.25) is 0 Å². The molecule has 5 heteroatoms. The monoisotopic (exact) mass is 331 g/mol. The summed E-state index contributed by atoms with van der Waals surface area (Å²) in [6.45, 7) is 10.7. The third kappa shape index (κ3) is 11.6. The molecule has 0 saturated heterocycles. The van der Waals surface area contributed by atoms with E-state index in [1.165, 1.54) is 64.1 Å². The smallest absolute Gasteiger partial charge is 0.189 e. The molecule has 4 nitrogen and oxygen atoms in total. The highest BCUT2D eigenvalue weighted by molar-refractivity contribution is 6.72. The van der Waals surface area contributed by atoms with Crippen LogP contribution in [0.15, 0.2) is 0 Å². The third-order valence-corrected chi connectivity index (χ3v) is 8.47. The number of nitrogens with zero attached hydrogens (tertiary/aromatic N) is 3. The van der Waals surface area contributed by atoms with Gasteiger partial charge in [0, 0.05) is 7.11 Å². The summed E-state index contributed by atoms with van der Waals surface area (Å²) in [5.41, 5.74) is 0. The van der Waals surface area contributed by atoms with Gasteiger partial charge in [0.25, 0.3) is 0 Å². The van der Waals surface area contributed by atoms with Gasteiger partial charge in [-0.05, 0) is 98.8 Å². The molecular formula is C17H41N3OSi. The maximum absolute atomic E-state index is 5.80. The van der Waals surface area contributed by atoms with E-state index < -0.39 is 8.32 Å². The zero-order valence-electron chi connectivity index (χ0n) is 16.3. The molecule has 0 N–H and O–H groups in total. The van der Waals surface area contributed by atoms with Crippen LogP contribution in [-0.4, -0.2) is 91.0 Å². The highest BCUT2D eigenvalue weighted by Gasteiger charge is 2.24. The average Bonchev–Trinajstić information content (AvgIpc) is 2.45. The molecular weight excluding hydrogens is 290 g/mol. The second-order valence-electron chi connectivity index (χ2n) is 7.27. The Balaban J connectivity index is 4.14. The second kappa shape index (κ2) is 12.5. The summed E-state index contributed by atoms with van der Waals surface area (Å²) in [5, 5.41) is 0. The Bertz CT molecular complexity index is 244. The van der Waals surface area contributed by atoms with E-state index in [4.69, 9.17) is 4.43 Å². The van der Waals surface area contributed by atoms with Crippen LogP contribution in [0.3, 0.4) is 0 Å². The fourth-order valence-corrected chi connectivity index (χ4v) is 4.41. The molecule has 0 aliphatic heterocycles. The van der Waals surface area contributed by atoms with Gasteiger partial charge in [0.2, 0.25) is 0 Å². The van der Waals surface area contributed by atoms with Gasteiger partial charge in [-0.1, -0.05) is 6.92 Å². The van der Waals surface area contributed by atoms with Gasteiger partial charge in [0.05, 0.1) is 0 Å². The van der Waals surface area contributed by atoms with Crippen LogP contribution in [-0.2, 0) is 4.43 Å². The molecule has 1 atom stereocenters. The predicted octanol–water partition coefficient (Wildman–Crippen LogP) is 2.82. The fourth-order valence-electron chi connectivity index (χ4n) is 2.66. The number of rotatable bonds is 14. The largest absolute Gasteiger partial charge is 0.420 e. The molecule has 0 rings (SSSR count). The van der Waals surface area contributed by atoms with Crippen molar-refractivity contribution in [2.24, 2.45) is 0 Å². The van der Waals surface area contributed by atoms with E-state index in [-0.39, 0.29) is 0 Å². The molecule has 0 fully saturated rings. The SMILES string of the molecule is CC[Si](C)(CCCN(CCCN(C)C)CCCN(C)C)OC. The van der Waals surface area contributed by atoms with Crippen molar-refractivity contribution in [3.05, 3.63) is 0 Å². The Labute approximate surface area is 140 Å². The normalized spacial score (nSPS) is 15.0. The summed E-state index contributed by atoms with van der Waals surface area (Å²) < 4.78 is 5.80. The standard InChI is InChI=1S/C17H41N3OSi/c1-8-22(7,21-6)17-11-16-20(14-9-12-18(2)3)15-10-13-19(4)5/h8-17H2,1-7H3. The zero-order chi connectivity index (χ0) is 17.0. The first-order valence-corrected chi connectivity index (χ1v) is 11.7. The molecule has 22 heavy (non-hydrogen) atoms. The predicted molar refractivity (Wildman–Crippen MR) is 101 cm³/mol. The van der Waals surface area contributed by atoms with Crippen LogP contribution in [0.1, 0.15) is 26.2 Å². The third-order valence-electron chi connectivity index (χ3n) is 4.58. The quantitative estimate of drug-likeness (QED) is 0.456. The van der Waals surface area contributed by atoms with Gasteiger partial charge >= 0.3 is 0 Å². The molecule has 0 bridgehead atoms. The van der Waals surface area contributed by atoms with Crippen LogP contribution < -0.4 is 0 Å². The van der Waals surface area contributed by atoms with Crippen molar-refractivity contribution in [3.8, 4) is 0 Å². The van der Waals surface area contributed by atoms with Crippen molar-refractivity contribution < 1.29 is 4.43 Å². The van der Waals surface area contributed by atoms with Gasteiger partial charge < -0.3 is 19.1 Å². The Morgan fingerprint density at radius 1 is 0.773 bits per heavy atom. The molecule has 0 aliphatic carbocycles. The van der Waals surface area contributed by atoms with Crippen LogP contribution in [0.5, 0.6) is 0 Å². The molecule has 0 aromatic heterocycles. The lowest BCUT2D eigenvalue weighted by molar-refractivity contribution is 0.239. The van der Waals surface area contributed by atoms with Crippen LogP contribution in [0.2, 0.25) is 18.6 Å². The fraction of sp³-hybridized carbons (Fsp3) is 1.00. The molecule has 0 heterocycles. The first-order valence-electron chi connectivity index (χ1n) is 8.90. The lowest BCUT2D eigenvalue weighted by Crippen LogP contribution is -2.35. The van der Waals surface area contributed by atoms with E-state index >= 15 is 0 Å². The Hall–Kier alpha value is 0.0569. The highest BCUT2D eigenvalue weighted by atomic mass is 28.4. The van der Waals surface area contributed by atoms with Crippen molar-refractivity contribution in [1.29, 1.82) is 0 Å². The van der Waals surface area contributed by atoms with Crippen molar-refractivity contribution in [2.75, 3.05) is 68.0 Å². The van der Waals surface area contributed by atoms with Crippen LogP contribution >= 0.6 is 0 Å². The van der Waals surface area contributed by atoms with Crippen molar-refractivity contribution in [3.63, 3.8) is 0 Å². The second-order valence-corrected chi connectivity index (χ2v) is 11.8. The minimum Gasteiger partial charge on any atom is -0.420 e.